The number of aromatic amines is 2. The number of carbonyl (C=O) groups is 3. The number of allylic oxidation sites excluding steroid dienone is 1. The van der Waals surface area contributed by atoms with Crippen LogP contribution in [0.2, 0.25) is 0 Å². The van der Waals surface area contributed by atoms with Crippen LogP contribution in [0.3, 0.4) is 0 Å². The van der Waals surface area contributed by atoms with Gasteiger partial charge >= 0.3 is 5.97 Å². The fraction of sp³-hybridized carbons (Fsp3) is 0.439. The second kappa shape index (κ2) is 17.6. The van der Waals surface area contributed by atoms with Crippen LogP contribution in [0.4, 0.5) is 0 Å². The summed E-state index contributed by atoms with van der Waals surface area (Å²) in [4.78, 5) is 57.8. The van der Waals surface area contributed by atoms with Crippen molar-refractivity contribution >= 4 is 57.5 Å². The number of fused-ring (bicyclic) bond motifs is 8. The van der Waals surface area contributed by atoms with Gasteiger partial charge in [-0.15, -0.1) is 0 Å². The number of rotatable bonds is 13. The van der Waals surface area contributed by atoms with E-state index in [2.05, 4.69) is 60.5 Å². The van der Waals surface area contributed by atoms with Crippen LogP contribution in [-0.4, -0.2) is 87.5 Å². The Hall–Kier alpha value is -4.87. The highest BCUT2D eigenvalue weighted by atomic mass is 16.4. The van der Waals surface area contributed by atoms with Crippen LogP contribution >= 0.6 is 0 Å². The van der Waals surface area contributed by atoms with E-state index in [1.165, 1.54) is 0 Å². The van der Waals surface area contributed by atoms with Crippen LogP contribution in [0.25, 0.3) is 39.3 Å². The summed E-state index contributed by atoms with van der Waals surface area (Å²) in [5, 5.41) is 20.7. The van der Waals surface area contributed by atoms with Gasteiger partial charge in [-0.05, 0) is 108 Å². The monoisotopic (exact) mass is 710 g/mol. The molecule has 0 radical (unpaired) electrons. The Balaban J connectivity index is 0.00000297. The average Bonchev–Trinajstić information content (AvgIpc) is 3.79. The molecular formula is C41H54N6O5. The molecule has 278 valence electrons. The van der Waals surface area contributed by atoms with E-state index in [0.29, 0.717) is 41.9 Å². The number of amides is 1. The van der Waals surface area contributed by atoms with Crippen molar-refractivity contribution in [2.75, 3.05) is 34.3 Å². The summed E-state index contributed by atoms with van der Waals surface area (Å²) in [5.74, 6) is -1.68. The zero-order valence-electron chi connectivity index (χ0n) is 31.9. The molecule has 11 nitrogen and oxygen atoms in total. The van der Waals surface area contributed by atoms with Gasteiger partial charge in [0.25, 0.3) is 0 Å². The van der Waals surface area contributed by atoms with Crippen molar-refractivity contribution in [1.82, 2.24) is 30.2 Å². The van der Waals surface area contributed by atoms with Crippen LogP contribution in [0.5, 0.6) is 0 Å². The number of aldehydes is 1. The molecule has 2 aliphatic rings. The van der Waals surface area contributed by atoms with Crippen LogP contribution in [0.1, 0.15) is 109 Å². The summed E-state index contributed by atoms with van der Waals surface area (Å²) < 4.78 is 0. The van der Waals surface area contributed by atoms with E-state index < -0.39 is 5.97 Å². The van der Waals surface area contributed by atoms with Crippen LogP contribution in [-0.2, 0) is 27.2 Å². The van der Waals surface area contributed by atoms with Gasteiger partial charge < -0.3 is 35.2 Å². The number of carboxylic acid groups (broad SMARTS) is 1. The second-order valence-electron chi connectivity index (χ2n) is 13.8. The van der Waals surface area contributed by atoms with E-state index in [9.17, 15) is 19.5 Å². The Labute approximate surface area is 306 Å². The van der Waals surface area contributed by atoms with Crippen molar-refractivity contribution in [3.05, 3.63) is 75.4 Å². The fourth-order valence-electron chi connectivity index (χ4n) is 7.35. The first-order valence-electron chi connectivity index (χ1n) is 18.0. The molecule has 1 amide bonds. The smallest absolute Gasteiger partial charge is 0.338 e. The SMILES string of the molecule is C=Cc1c(C)c2cc3nc(c(CC(=O)NCCCCN(C)C)c4nc(cc5[nH]c(cc1[nH]2)c(C)c5CC)C(C)=C4C(=O)O)C(CCC=O)C3C.CO. The molecule has 2 unspecified atom stereocenters. The van der Waals surface area contributed by atoms with Crippen molar-refractivity contribution in [3.8, 4) is 0 Å². The molecule has 52 heavy (non-hydrogen) atoms. The Morgan fingerprint density at radius 2 is 1.67 bits per heavy atom. The highest BCUT2D eigenvalue weighted by Crippen LogP contribution is 2.43. The maximum Gasteiger partial charge on any atom is 0.338 e. The lowest BCUT2D eigenvalue weighted by molar-refractivity contribution is -0.130. The Morgan fingerprint density at radius 3 is 2.31 bits per heavy atom. The molecule has 5 rings (SSSR count). The third-order valence-electron chi connectivity index (χ3n) is 10.2. The number of aryl methyl sites for hydroxylation is 3. The van der Waals surface area contributed by atoms with Crippen molar-refractivity contribution < 1.29 is 24.6 Å². The predicted octanol–water partition coefficient (Wildman–Crippen LogP) is 6.63. The minimum Gasteiger partial charge on any atom is -0.478 e. The molecule has 2 aliphatic heterocycles. The number of aliphatic carboxylic acids is 1. The molecule has 0 saturated carbocycles. The number of hydrogen-bond acceptors (Lipinski definition) is 7. The average molecular weight is 711 g/mol. The summed E-state index contributed by atoms with van der Waals surface area (Å²) >= 11 is 0. The highest BCUT2D eigenvalue weighted by molar-refractivity contribution is 6.24. The quantitative estimate of drug-likeness (QED) is 0.0975. The molecule has 3 aromatic heterocycles. The first-order valence-corrected chi connectivity index (χ1v) is 18.0. The van der Waals surface area contributed by atoms with Crippen LogP contribution in [0, 0.1) is 13.8 Å². The fourth-order valence-corrected chi connectivity index (χ4v) is 7.35. The molecule has 0 aliphatic carbocycles. The predicted molar refractivity (Wildman–Crippen MR) is 209 cm³/mol. The summed E-state index contributed by atoms with van der Waals surface area (Å²) in [6, 6.07) is 6.04. The summed E-state index contributed by atoms with van der Waals surface area (Å²) in [7, 11) is 5.04. The topological polar surface area (TPSA) is 164 Å². The second-order valence-corrected chi connectivity index (χ2v) is 13.8. The summed E-state index contributed by atoms with van der Waals surface area (Å²) in [6.45, 7) is 15.6. The van der Waals surface area contributed by atoms with E-state index in [-0.39, 0.29) is 35.4 Å². The Morgan fingerprint density at radius 1 is 0.981 bits per heavy atom. The molecule has 0 fully saturated rings. The minimum absolute atomic E-state index is 0.0597. The third kappa shape index (κ3) is 8.26. The number of nitrogens with one attached hydrogen (secondary N) is 3. The van der Waals surface area contributed by atoms with Crippen molar-refractivity contribution in [1.29, 1.82) is 0 Å². The molecule has 5 heterocycles. The van der Waals surface area contributed by atoms with E-state index in [4.69, 9.17) is 15.1 Å². The minimum atomic E-state index is -1.12. The lowest BCUT2D eigenvalue weighted by Gasteiger charge is -2.18. The van der Waals surface area contributed by atoms with Gasteiger partial charge in [-0.25, -0.2) is 9.78 Å². The highest BCUT2D eigenvalue weighted by Gasteiger charge is 2.35. The molecule has 5 N–H and O–H groups in total. The Kier molecular flexibility index (Phi) is 13.5. The maximum absolute atomic E-state index is 13.7. The number of carboxylic acids is 1. The van der Waals surface area contributed by atoms with Gasteiger partial charge in [-0.3, -0.25) is 9.78 Å². The van der Waals surface area contributed by atoms with Crippen molar-refractivity contribution in [2.24, 2.45) is 0 Å². The molecule has 3 aromatic rings. The maximum atomic E-state index is 13.7. The zero-order chi connectivity index (χ0) is 38.3. The van der Waals surface area contributed by atoms with Gasteiger partial charge in [0.05, 0.1) is 29.1 Å². The third-order valence-corrected chi connectivity index (χ3v) is 10.2. The summed E-state index contributed by atoms with van der Waals surface area (Å²) in [6.07, 6.45) is 5.99. The van der Waals surface area contributed by atoms with Crippen molar-refractivity contribution in [2.45, 2.75) is 85.0 Å². The number of aliphatic hydroxyl groups is 1. The number of aromatic nitrogens is 4. The normalized spacial score (nSPS) is 15.3. The number of hydrogen-bond donors (Lipinski definition) is 5. The van der Waals surface area contributed by atoms with E-state index in [0.717, 1.165) is 89.2 Å². The van der Waals surface area contributed by atoms with E-state index in [1.807, 2.05) is 32.3 Å². The van der Waals surface area contributed by atoms with Crippen molar-refractivity contribution in [3.63, 3.8) is 0 Å². The standard InChI is InChI=1S/C40H50N6O4.CH4O/c1-9-26-22(3)30-19-32-24(5)28(14-13-17-47)38(44-32)29(18-36(48)41-15-11-12-16-46(7)8)39-37(40(49)50)25(6)33(45-39)21-35-27(10-2)23(4)31(43-35)20-34(26)42-30;1-2/h9,17,19-21,24,28,42-43H,1,10-16,18H2,2-8H3,(H,41,48)(H,49,50);2H,1H3. The lowest BCUT2D eigenvalue weighted by atomic mass is 9.84. The van der Waals surface area contributed by atoms with Crippen LogP contribution < -0.4 is 5.32 Å². The molecule has 0 saturated heterocycles. The molecule has 0 aromatic carbocycles. The first kappa shape index (κ1) is 39.9. The van der Waals surface area contributed by atoms with Gasteiger partial charge in [0.15, 0.2) is 0 Å². The molecule has 0 spiro atoms. The first-order chi connectivity index (χ1) is 24.9. The zero-order valence-corrected chi connectivity index (χ0v) is 31.9. The number of nitrogens with zero attached hydrogens (tertiary/aromatic N) is 3. The van der Waals surface area contributed by atoms with E-state index in [1.54, 1.807) is 6.92 Å². The van der Waals surface area contributed by atoms with Gasteiger partial charge in [0.1, 0.15) is 6.29 Å². The van der Waals surface area contributed by atoms with Gasteiger partial charge in [-0.1, -0.05) is 26.5 Å². The number of unbranched alkanes of at least 4 members (excludes halogenated alkanes) is 1. The number of H-pyrrole nitrogens is 2. The van der Waals surface area contributed by atoms with Crippen LogP contribution in [0.15, 0.2) is 24.8 Å². The van der Waals surface area contributed by atoms with E-state index >= 15 is 0 Å². The van der Waals surface area contributed by atoms with Gasteiger partial charge in [0.2, 0.25) is 5.91 Å². The van der Waals surface area contributed by atoms with Gasteiger partial charge in [-0.2, -0.15) is 0 Å². The van der Waals surface area contributed by atoms with Gasteiger partial charge in [0, 0.05) is 70.8 Å². The summed E-state index contributed by atoms with van der Waals surface area (Å²) in [5.41, 5.74) is 11.0. The Bertz CT molecular complexity index is 2040. The molecule has 11 heteroatoms. The lowest BCUT2D eigenvalue weighted by Crippen LogP contribution is -2.28. The molecule has 8 bridgehead atoms. The number of carbonyl (C=O) groups excluding carboxylic acids is 2. The molecular weight excluding hydrogens is 656 g/mol. The molecule has 2 atom stereocenters. The number of aliphatic hydroxyl groups excluding tert-OH is 1. The largest absolute Gasteiger partial charge is 0.478 e.